The van der Waals surface area contributed by atoms with E-state index in [1.54, 1.807) is 25.1 Å². The zero-order valence-corrected chi connectivity index (χ0v) is 10.9. The van der Waals surface area contributed by atoms with Crippen molar-refractivity contribution in [2.45, 2.75) is 6.92 Å². The van der Waals surface area contributed by atoms with Crippen molar-refractivity contribution in [3.63, 3.8) is 0 Å². The summed E-state index contributed by atoms with van der Waals surface area (Å²) in [5.74, 6) is 3.53. The molecule has 0 saturated heterocycles. The molecule has 0 aliphatic heterocycles. The monoisotopic (exact) mass is 274 g/mol. The Morgan fingerprint density at radius 1 is 1.42 bits per heavy atom. The van der Waals surface area contributed by atoms with Gasteiger partial charge in [-0.3, -0.25) is 0 Å². The molecule has 0 bridgehead atoms. The molecule has 19 heavy (non-hydrogen) atoms. The van der Waals surface area contributed by atoms with Crippen LogP contribution in [0.15, 0.2) is 24.3 Å². The van der Waals surface area contributed by atoms with Gasteiger partial charge in [0.05, 0.1) is 6.61 Å². The zero-order chi connectivity index (χ0) is 13.8. The quantitative estimate of drug-likeness (QED) is 0.675. The lowest BCUT2D eigenvalue weighted by Crippen LogP contribution is -1.99. The summed E-state index contributed by atoms with van der Waals surface area (Å²) in [5, 5.41) is 9.70. The van der Waals surface area contributed by atoms with Crippen LogP contribution in [0.25, 0.3) is 10.1 Å². The molecule has 0 unspecified atom stereocenters. The van der Waals surface area contributed by atoms with Gasteiger partial charge in [0.2, 0.25) is 0 Å². The predicted molar refractivity (Wildman–Crippen MR) is 72.3 cm³/mol. The van der Waals surface area contributed by atoms with Crippen LogP contribution in [0.4, 0.5) is 0 Å². The summed E-state index contributed by atoms with van der Waals surface area (Å²) in [6.45, 7) is 1.98. The molecule has 0 atom stereocenters. The average molecular weight is 274 g/mol. The van der Waals surface area contributed by atoms with E-state index in [9.17, 15) is 9.59 Å². The van der Waals surface area contributed by atoms with E-state index in [0.29, 0.717) is 5.56 Å². The molecular formula is C14H10O4S. The Bertz CT molecular complexity index is 703. The van der Waals surface area contributed by atoms with E-state index in [1.165, 1.54) is 11.3 Å². The average Bonchev–Trinajstić information content (AvgIpc) is 2.81. The van der Waals surface area contributed by atoms with Crippen LogP contribution in [0, 0.1) is 11.8 Å². The van der Waals surface area contributed by atoms with Crippen LogP contribution in [-0.2, 0) is 9.53 Å². The first-order valence-corrected chi connectivity index (χ1v) is 6.38. The SMILES string of the molecule is CCOC(=O)C#Cc1cccc2sc(C(=O)O)cc12. The van der Waals surface area contributed by atoms with Crippen LogP contribution in [0.2, 0.25) is 0 Å². The molecule has 0 amide bonds. The summed E-state index contributed by atoms with van der Waals surface area (Å²) in [5.41, 5.74) is 0.620. The van der Waals surface area contributed by atoms with Crippen molar-refractivity contribution in [1.82, 2.24) is 0 Å². The number of hydrogen-bond acceptors (Lipinski definition) is 4. The third-order valence-corrected chi connectivity index (χ3v) is 3.44. The van der Waals surface area contributed by atoms with Crippen LogP contribution in [0.1, 0.15) is 22.2 Å². The Balaban J connectivity index is 2.43. The minimum absolute atomic E-state index is 0.250. The van der Waals surface area contributed by atoms with Crippen molar-refractivity contribution in [1.29, 1.82) is 0 Å². The molecular weight excluding hydrogens is 264 g/mol. The normalized spacial score (nSPS) is 9.74. The third kappa shape index (κ3) is 2.92. The third-order valence-electron chi connectivity index (χ3n) is 2.35. The maximum Gasteiger partial charge on any atom is 0.384 e. The minimum Gasteiger partial charge on any atom is -0.477 e. The largest absolute Gasteiger partial charge is 0.477 e. The highest BCUT2D eigenvalue weighted by Crippen LogP contribution is 2.27. The molecule has 96 valence electrons. The van der Waals surface area contributed by atoms with Crippen LogP contribution < -0.4 is 0 Å². The van der Waals surface area contributed by atoms with Gasteiger partial charge in [-0.2, -0.15) is 0 Å². The second kappa shape index (κ2) is 5.55. The highest BCUT2D eigenvalue weighted by atomic mass is 32.1. The molecule has 5 heteroatoms. The van der Waals surface area contributed by atoms with Gasteiger partial charge in [-0.1, -0.05) is 12.0 Å². The van der Waals surface area contributed by atoms with E-state index < -0.39 is 11.9 Å². The minimum atomic E-state index is -0.967. The van der Waals surface area contributed by atoms with Gasteiger partial charge >= 0.3 is 11.9 Å². The van der Waals surface area contributed by atoms with E-state index in [-0.39, 0.29) is 11.5 Å². The number of fused-ring (bicyclic) bond motifs is 1. The predicted octanol–water partition coefficient (Wildman–Crippen LogP) is 2.51. The van der Waals surface area contributed by atoms with Crippen molar-refractivity contribution in [3.8, 4) is 11.8 Å². The summed E-state index contributed by atoms with van der Waals surface area (Å²) in [4.78, 5) is 22.4. The topological polar surface area (TPSA) is 63.6 Å². The number of aromatic carboxylic acids is 1. The maximum atomic E-state index is 11.2. The molecule has 0 aliphatic carbocycles. The fourth-order valence-corrected chi connectivity index (χ4v) is 2.49. The van der Waals surface area contributed by atoms with Crippen molar-refractivity contribution < 1.29 is 19.4 Å². The maximum absolute atomic E-state index is 11.2. The van der Waals surface area contributed by atoms with Crippen molar-refractivity contribution in [3.05, 3.63) is 34.7 Å². The molecule has 2 aromatic rings. The number of carbonyl (C=O) groups is 2. The Hall–Kier alpha value is -2.32. The number of carboxylic acid groups (broad SMARTS) is 1. The molecule has 0 saturated carbocycles. The molecule has 4 nitrogen and oxygen atoms in total. The van der Waals surface area contributed by atoms with Crippen LogP contribution >= 0.6 is 11.3 Å². The Labute approximate surface area is 113 Å². The molecule has 1 N–H and O–H groups in total. The summed E-state index contributed by atoms with van der Waals surface area (Å²) in [6, 6.07) is 6.91. The number of esters is 1. The van der Waals surface area contributed by atoms with Crippen LogP contribution in [0.3, 0.4) is 0 Å². The number of thiophene rings is 1. The summed E-state index contributed by atoms with van der Waals surface area (Å²) in [6.07, 6.45) is 0. The lowest BCUT2D eigenvalue weighted by Gasteiger charge is -1.93. The second-order valence-corrected chi connectivity index (χ2v) is 4.69. The molecule has 1 heterocycles. The van der Waals surface area contributed by atoms with Crippen molar-refractivity contribution >= 4 is 33.4 Å². The number of hydrogen-bond donors (Lipinski definition) is 1. The van der Waals surface area contributed by atoms with Gasteiger partial charge in [0.15, 0.2) is 0 Å². The van der Waals surface area contributed by atoms with Crippen LogP contribution in [0.5, 0.6) is 0 Å². The number of ether oxygens (including phenoxy) is 1. The number of rotatable bonds is 2. The van der Waals surface area contributed by atoms with Crippen molar-refractivity contribution in [2.75, 3.05) is 6.61 Å². The molecule has 0 aliphatic rings. The highest BCUT2D eigenvalue weighted by molar-refractivity contribution is 7.20. The first-order chi connectivity index (χ1) is 9.11. The van der Waals surface area contributed by atoms with E-state index >= 15 is 0 Å². The highest BCUT2D eigenvalue weighted by Gasteiger charge is 2.10. The summed E-state index contributed by atoms with van der Waals surface area (Å²) < 4.78 is 5.54. The number of carboxylic acids is 1. The summed E-state index contributed by atoms with van der Waals surface area (Å²) >= 11 is 1.18. The fraction of sp³-hybridized carbons (Fsp3) is 0.143. The molecule has 0 radical (unpaired) electrons. The number of carbonyl (C=O) groups excluding carboxylic acids is 1. The summed E-state index contributed by atoms with van der Waals surface area (Å²) in [7, 11) is 0. The van der Waals surface area contributed by atoms with Crippen molar-refractivity contribution in [2.24, 2.45) is 0 Å². The van der Waals surface area contributed by atoms with E-state index in [1.807, 2.05) is 6.07 Å². The fourth-order valence-electron chi connectivity index (χ4n) is 1.56. The Kier molecular flexibility index (Phi) is 3.83. The van der Waals surface area contributed by atoms with Gasteiger partial charge < -0.3 is 9.84 Å². The first-order valence-electron chi connectivity index (χ1n) is 5.56. The van der Waals surface area contributed by atoms with Crippen LogP contribution in [-0.4, -0.2) is 23.7 Å². The molecule has 2 rings (SSSR count). The van der Waals surface area contributed by atoms with Gasteiger partial charge in [0, 0.05) is 21.6 Å². The van der Waals surface area contributed by atoms with E-state index in [0.717, 1.165) is 10.1 Å². The molecule has 1 aromatic heterocycles. The lowest BCUT2D eigenvalue weighted by molar-refractivity contribution is -0.136. The molecule has 0 fully saturated rings. The van der Waals surface area contributed by atoms with Gasteiger partial charge in [-0.15, -0.1) is 11.3 Å². The molecule has 0 spiro atoms. The molecule has 1 aromatic carbocycles. The number of benzene rings is 1. The van der Waals surface area contributed by atoms with Gasteiger partial charge in [0.25, 0.3) is 0 Å². The lowest BCUT2D eigenvalue weighted by atomic mass is 10.1. The van der Waals surface area contributed by atoms with Gasteiger partial charge in [-0.05, 0) is 25.1 Å². The smallest absolute Gasteiger partial charge is 0.384 e. The van der Waals surface area contributed by atoms with Gasteiger partial charge in [-0.25, -0.2) is 9.59 Å². The zero-order valence-electron chi connectivity index (χ0n) is 10.1. The Morgan fingerprint density at radius 2 is 2.21 bits per heavy atom. The van der Waals surface area contributed by atoms with E-state index in [4.69, 9.17) is 9.84 Å². The first kappa shape index (κ1) is 13.1. The Morgan fingerprint density at radius 3 is 2.89 bits per heavy atom. The van der Waals surface area contributed by atoms with E-state index in [2.05, 4.69) is 11.8 Å². The standard InChI is InChI=1S/C14H10O4S/c1-2-18-13(15)7-6-9-4-3-5-11-10(9)8-12(19-11)14(16)17/h3-5,8H,2H2,1H3,(H,16,17). The second-order valence-electron chi connectivity index (χ2n) is 3.60. The van der Waals surface area contributed by atoms with Gasteiger partial charge in [0.1, 0.15) is 4.88 Å².